The summed E-state index contributed by atoms with van der Waals surface area (Å²) in [6.45, 7) is 6.02. The van der Waals surface area contributed by atoms with Gasteiger partial charge in [-0.25, -0.2) is 8.42 Å². The molecule has 0 radical (unpaired) electrons. The molecule has 2 aromatic heterocycles. The van der Waals surface area contributed by atoms with Crippen LogP contribution < -0.4 is 0 Å². The van der Waals surface area contributed by atoms with E-state index < -0.39 is 10.0 Å². The molecule has 7 nitrogen and oxygen atoms in total. The maximum atomic E-state index is 12.2. The Labute approximate surface area is 222 Å². The number of hydrogen-bond acceptors (Lipinski definition) is 6. The van der Waals surface area contributed by atoms with Gasteiger partial charge in [0.1, 0.15) is 0 Å². The molecule has 4 heterocycles. The van der Waals surface area contributed by atoms with Crippen molar-refractivity contribution in [2.45, 2.75) is 25.9 Å². The Morgan fingerprint density at radius 3 is 2.56 bits per heavy atom. The highest BCUT2D eigenvalue weighted by atomic mass is 35.5. The maximum Gasteiger partial charge on any atom is 0.211 e. The number of ether oxygens (including phenoxy) is 1. The van der Waals surface area contributed by atoms with Crippen LogP contribution in [0.1, 0.15) is 23.2 Å². The minimum atomic E-state index is -3.30. The van der Waals surface area contributed by atoms with Crippen LogP contribution in [0.3, 0.4) is 0 Å². The first kappa shape index (κ1) is 26.9. The second-order valence-corrected chi connectivity index (χ2v) is 12.0. The summed E-state index contributed by atoms with van der Waals surface area (Å²) in [6.07, 6.45) is 8.58. The lowest BCUT2D eigenvalue weighted by Gasteiger charge is -2.27. The zero-order valence-electron chi connectivity index (χ0n) is 20.4. The third-order valence-electron chi connectivity index (χ3n) is 6.33. The normalized spacial score (nSPS) is 16.6. The minimum absolute atomic E-state index is 0.305. The number of terminal acetylenes is 1. The molecule has 0 bridgehead atoms. The Morgan fingerprint density at radius 1 is 1.17 bits per heavy atom. The molecule has 2 aliphatic heterocycles. The van der Waals surface area contributed by atoms with E-state index in [1.807, 2.05) is 33.6 Å². The average molecular weight is 547 g/mol. The van der Waals surface area contributed by atoms with Gasteiger partial charge < -0.3 is 4.74 Å². The number of benzene rings is 1. The van der Waals surface area contributed by atoms with Gasteiger partial charge in [0.2, 0.25) is 10.0 Å². The molecule has 0 aliphatic carbocycles. The van der Waals surface area contributed by atoms with Gasteiger partial charge in [-0.3, -0.25) is 9.58 Å². The highest BCUT2D eigenvalue weighted by Crippen LogP contribution is 2.33. The van der Waals surface area contributed by atoms with Crippen molar-refractivity contribution in [2.24, 2.45) is 0 Å². The minimum Gasteiger partial charge on any atom is -0.379 e. The lowest BCUT2D eigenvalue weighted by Crippen LogP contribution is -2.37. The molecule has 0 saturated carbocycles. The van der Waals surface area contributed by atoms with Gasteiger partial charge >= 0.3 is 0 Å². The van der Waals surface area contributed by atoms with E-state index in [2.05, 4.69) is 10.8 Å². The van der Waals surface area contributed by atoms with Crippen LogP contribution in [0.15, 0.2) is 41.1 Å². The molecular formula is C26H31ClN4O3S2. The largest absolute Gasteiger partial charge is 0.379 e. The Morgan fingerprint density at radius 2 is 1.92 bits per heavy atom. The van der Waals surface area contributed by atoms with Crippen LogP contribution in [0.5, 0.6) is 0 Å². The molecule has 0 amide bonds. The number of nitrogens with zero attached hydrogens (tertiary/aromatic N) is 4. The van der Waals surface area contributed by atoms with Crippen LogP contribution in [-0.4, -0.2) is 73.1 Å². The van der Waals surface area contributed by atoms with Crippen molar-refractivity contribution in [1.82, 2.24) is 19.0 Å². The molecule has 36 heavy (non-hydrogen) atoms. The number of fused-ring (bicyclic) bond motifs is 1. The van der Waals surface area contributed by atoms with E-state index in [1.54, 1.807) is 23.5 Å². The molecular weight excluding hydrogens is 516 g/mol. The first-order chi connectivity index (χ1) is 17.4. The third-order valence-corrected chi connectivity index (χ3v) is 8.45. The predicted octanol–water partition coefficient (Wildman–Crippen LogP) is 3.97. The second-order valence-electron chi connectivity index (χ2n) is 8.78. The molecule has 1 saturated heterocycles. The van der Waals surface area contributed by atoms with Crippen molar-refractivity contribution in [2.75, 3.05) is 45.6 Å². The topological polar surface area (TPSA) is 67.7 Å². The average Bonchev–Trinajstić information content (AvgIpc) is 3.56. The van der Waals surface area contributed by atoms with Gasteiger partial charge in [-0.05, 0) is 35.4 Å². The SMILES string of the molecule is C#Cc1cc(Cl)ccc1-c1nn(CCCN2CCOCC2)c2c1CN(S(C)(=O)=O)CC2.c1ccsc1. The Balaban J connectivity index is 0.000000543. The quantitative estimate of drug-likeness (QED) is 0.438. The first-order valence-corrected chi connectivity index (χ1v) is 15.1. The fourth-order valence-electron chi connectivity index (χ4n) is 4.49. The summed E-state index contributed by atoms with van der Waals surface area (Å²) in [5.41, 5.74) is 4.24. The number of sulfonamides is 1. The standard InChI is InChI=1S/C22H27ClN4O3S.C4H4S/c1-3-17-15-18(23)5-6-19(17)22-20-16-26(31(2,28)29)10-7-21(20)27(24-22)9-4-8-25-11-13-30-14-12-25;1-2-4-5-3-1/h1,5-6,15H,4,7-14,16H2,2H3;1-4H. The summed E-state index contributed by atoms with van der Waals surface area (Å²) in [4.78, 5) is 2.40. The fourth-order valence-corrected chi connectivity index (χ4v) is 5.90. The summed E-state index contributed by atoms with van der Waals surface area (Å²) < 4.78 is 33.4. The number of aromatic nitrogens is 2. The predicted molar refractivity (Wildman–Crippen MR) is 146 cm³/mol. The van der Waals surface area contributed by atoms with E-state index in [0.29, 0.717) is 30.1 Å². The monoisotopic (exact) mass is 546 g/mol. The summed E-state index contributed by atoms with van der Waals surface area (Å²) in [5.74, 6) is 2.69. The molecule has 1 fully saturated rings. The highest BCUT2D eigenvalue weighted by molar-refractivity contribution is 7.88. The number of morpholine rings is 1. The third kappa shape index (κ3) is 6.76. The molecule has 1 aromatic carbocycles. The zero-order valence-corrected chi connectivity index (χ0v) is 22.8. The van der Waals surface area contributed by atoms with Crippen molar-refractivity contribution < 1.29 is 13.2 Å². The van der Waals surface area contributed by atoms with Gasteiger partial charge in [0.15, 0.2) is 0 Å². The smallest absolute Gasteiger partial charge is 0.211 e. The van der Waals surface area contributed by atoms with Crippen molar-refractivity contribution in [1.29, 1.82) is 0 Å². The fraction of sp³-hybridized carbons (Fsp3) is 0.423. The van der Waals surface area contributed by atoms with E-state index in [9.17, 15) is 8.42 Å². The molecule has 10 heteroatoms. The van der Waals surface area contributed by atoms with Crippen LogP contribution in [0.4, 0.5) is 0 Å². The molecule has 192 valence electrons. The van der Waals surface area contributed by atoms with Crippen molar-refractivity contribution >= 4 is 33.0 Å². The molecule has 0 unspecified atom stereocenters. The van der Waals surface area contributed by atoms with Crippen LogP contribution in [0.2, 0.25) is 5.02 Å². The van der Waals surface area contributed by atoms with Crippen molar-refractivity contribution in [3.63, 3.8) is 0 Å². The van der Waals surface area contributed by atoms with Gasteiger partial charge in [0, 0.05) is 73.1 Å². The Kier molecular flexibility index (Phi) is 9.23. The zero-order chi connectivity index (χ0) is 25.5. The van der Waals surface area contributed by atoms with E-state index in [-0.39, 0.29) is 0 Å². The molecule has 0 spiro atoms. The number of aryl methyl sites for hydroxylation is 1. The van der Waals surface area contributed by atoms with E-state index >= 15 is 0 Å². The lowest BCUT2D eigenvalue weighted by atomic mass is 9.98. The van der Waals surface area contributed by atoms with Gasteiger partial charge in [0.05, 0.1) is 25.2 Å². The number of hydrogen-bond donors (Lipinski definition) is 0. The van der Waals surface area contributed by atoms with Crippen molar-refractivity contribution in [3.05, 3.63) is 62.9 Å². The van der Waals surface area contributed by atoms with Gasteiger partial charge in [0.25, 0.3) is 0 Å². The van der Waals surface area contributed by atoms with E-state index in [4.69, 9.17) is 27.9 Å². The van der Waals surface area contributed by atoms with E-state index in [1.165, 1.54) is 10.6 Å². The van der Waals surface area contributed by atoms with Crippen LogP contribution in [0, 0.1) is 12.3 Å². The van der Waals surface area contributed by atoms with Gasteiger partial charge in [-0.15, -0.1) is 6.42 Å². The molecule has 5 rings (SSSR count). The maximum absolute atomic E-state index is 12.2. The number of rotatable bonds is 6. The van der Waals surface area contributed by atoms with Crippen LogP contribution in [0.25, 0.3) is 11.3 Å². The van der Waals surface area contributed by atoms with Crippen molar-refractivity contribution in [3.8, 4) is 23.6 Å². The Hall–Kier alpha value is -2.19. The number of halogens is 1. The Bertz CT molecular complexity index is 1280. The van der Waals surface area contributed by atoms with Crippen LogP contribution in [-0.2, 0) is 34.3 Å². The summed E-state index contributed by atoms with van der Waals surface area (Å²) in [5, 5.41) is 9.56. The molecule has 0 N–H and O–H groups in total. The van der Waals surface area contributed by atoms with Gasteiger partial charge in [-0.1, -0.05) is 29.7 Å². The van der Waals surface area contributed by atoms with E-state index in [0.717, 1.165) is 68.3 Å². The molecule has 3 aromatic rings. The van der Waals surface area contributed by atoms with Gasteiger partial charge in [-0.2, -0.15) is 20.7 Å². The molecule has 2 aliphatic rings. The molecule has 0 atom stereocenters. The van der Waals surface area contributed by atoms with Crippen LogP contribution >= 0.6 is 22.9 Å². The highest BCUT2D eigenvalue weighted by Gasteiger charge is 2.30. The number of thiophene rings is 1. The summed E-state index contributed by atoms with van der Waals surface area (Å²) in [7, 11) is -3.30. The lowest BCUT2D eigenvalue weighted by molar-refractivity contribution is 0.0368. The summed E-state index contributed by atoms with van der Waals surface area (Å²) in [6, 6.07) is 9.45. The first-order valence-electron chi connectivity index (χ1n) is 11.9. The summed E-state index contributed by atoms with van der Waals surface area (Å²) >= 11 is 7.85. The second kappa shape index (κ2) is 12.4.